The molecule has 2 N–H and O–H groups in total. The maximum atomic E-state index is 11.6. The van der Waals surface area contributed by atoms with E-state index in [1.54, 1.807) is 20.3 Å². The zero-order chi connectivity index (χ0) is 19.0. The predicted octanol–water partition coefficient (Wildman–Crippen LogP) is 2.89. The van der Waals surface area contributed by atoms with Crippen LogP contribution >= 0.6 is 0 Å². The Morgan fingerprint density at radius 1 is 1.31 bits per heavy atom. The molecule has 0 amide bonds. The third-order valence-electron chi connectivity index (χ3n) is 4.58. The van der Waals surface area contributed by atoms with Crippen LogP contribution in [-0.4, -0.2) is 45.1 Å². The van der Waals surface area contributed by atoms with Crippen LogP contribution in [0.3, 0.4) is 0 Å². The lowest BCUT2D eigenvalue weighted by Gasteiger charge is -2.39. The summed E-state index contributed by atoms with van der Waals surface area (Å²) in [6.07, 6.45) is 3.53. The van der Waals surface area contributed by atoms with Gasteiger partial charge in [-0.15, -0.1) is 0 Å². The molecule has 1 fully saturated rings. The molecule has 1 unspecified atom stereocenters. The first-order chi connectivity index (χ1) is 12.5. The lowest BCUT2D eigenvalue weighted by atomic mass is 9.81. The average Bonchev–Trinajstić information content (AvgIpc) is 2.69. The summed E-state index contributed by atoms with van der Waals surface area (Å²) in [5.74, 6) is 1.35. The van der Waals surface area contributed by atoms with Crippen molar-refractivity contribution >= 4 is 0 Å². The van der Waals surface area contributed by atoms with Crippen LogP contribution in [-0.2, 0) is 19.8 Å². The first-order valence-corrected chi connectivity index (χ1v) is 8.76. The highest BCUT2D eigenvalue weighted by atomic mass is 16.5. The van der Waals surface area contributed by atoms with Crippen LogP contribution in [0.1, 0.15) is 18.9 Å². The normalized spacial score (nSPS) is 21.0. The van der Waals surface area contributed by atoms with E-state index in [4.69, 9.17) is 14.2 Å². The van der Waals surface area contributed by atoms with E-state index < -0.39 is 5.60 Å². The van der Waals surface area contributed by atoms with Crippen LogP contribution in [0, 0.1) is 0 Å². The lowest BCUT2D eigenvalue weighted by Crippen LogP contribution is -2.51. The quantitative estimate of drug-likeness (QED) is 0.552. The van der Waals surface area contributed by atoms with Crippen molar-refractivity contribution in [2.45, 2.75) is 25.0 Å². The van der Waals surface area contributed by atoms with Crippen molar-refractivity contribution in [3.05, 3.63) is 71.7 Å². The number of rotatable bonds is 8. The van der Waals surface area contributed by atoms with Crippen molar-refractivity contribution in [3.63, 3.8) is 0 Å². The van der Waals surface area contributed by atoms with E-state index in [0.29, 0.717) is 30.9 Å². The van der Waals surface area contributed by atoms with Gasteiger partial charge >= 0.3 is 0 Å². The summed E-state index contributed by atoms with van der Waals surface area (Å²) < 4.78 is 16.5. The van der Waals surface area contributed by atoms with Gasteiger partial charge in [-0.3, -0.25) is 0 Å². The molecule has 1 aliphatic rings. The monoisotopic (exact) mass is 359 g/mol. The summed E-state index contributed by atoms with van der Waals surface area (Å²) in [4.78, 5) is 0. The molecule has 2 rings (SSSR count). The summed E-state index contributed by atoms with van der Waals surface area (Å²) in [6.45, 7) is 7.92. The van der Waals surface area contributed by atoms with Gasteiger partial charge in [0.25, 0.3) is 0 Å². The highest BCUT2D eigenvalue weighted by Crippen LogP contribution is 2.36. The van der Waals surface area contributed by atoms with Gasteiger partial charge in [-0.2, -0.15) is 0 Å². The number of allylic oxidation sites excluding steroid dienone is 4. The largest absolute Gasteiger partial charge is 0.501 e. The van der Waals surface area contributed by atoms with Crippen molar-refractivity contribution in [1.29, 1.82) is 0 Å². The molecule has 1 aromatic carbocycles. The molecule has 1 aliphatic heterocycles. The number of aliphatic hydroxyl groups is 1. The van der Waals surface area contributed by atoms with E-state index in [1.165, 1.54) is 0 Å². The standard InChI is InChI=1S/C21H29NO4/c1-16(19(25-4)11-10-17(2)24-3)14-21(23,18-8-6-5-7-9-18)20-15-22-12-13-26-20/h5-11,20,22-23H,1,12-15H2,2-4H3/b17-10+,19-11+/t20-,21?/m0/s1. The topological polar surface area (TPSA) is 60.0 Å². The number of methoxy groups -OCH3 is 2. The molecule has 0 saturated carbocycles. The molecule has 0 spiro atoms. The molecule has 0 aromatic heterocycles. The van der Waals surface area contributed by atoms with Crippen LogP contribution in [0.5, 0.6) is 0 Å². The van der Waals surface area contributed by atoms with Gasteiger partial charge < -0.3 is 24.6 Å². The molecule has 2 atom stereocenters. The van der Waals surface area contributed by atoms with E-state index >= 15 is 0 Å². The van der Waals surface area contributed by atoms with E-state index in [2.05, 4.69) is 11.9 Å². The Morgan fingerprint density at radius 3 is 2.62 bits per heavy atom. The number of morpholine rings is 1. The summed E-state index contributed by atoms with van der Waals surface area (Å²) in [5, 5.41) is 14.9. The number of hydrogen-bond acceptors (Lipinski definition) is 5. The number of ether oxygens (including phenoxy) is 3. The van der Waals surface area contributed by atoms with Crippen LogP contribution in [0.25, 0.3) is 0 Å². The Bertz CT molecular complexity index is 647. The molecule has 1 saturated heterocycles. The molecule has 26 heavy (non-hydrogen) atoms. The van der Waals surface area contributed by atoms with E-state index in [9.17, 15) is 5.11 Å². The molecule has 0 aliphatic carbocycles. The van der Waals surface area contributed by atoms with Gasteiger partial charge in [0.05, 0.1) is 26.6 Å². The van der Waals surface area contributed by atoms with Crippen molar-refractivity contribution in [2.24, 2.45) is 0 Å². The molecule has 0 radical (unpaired) electrons. The van der Waals surface area contributed by atoms with E-state index in [-0.39, 0.29) is 6.10 Å². The van der Waals surface area contributed by atoms with Crippen LogP contribution in [0.2, 0.25) is 0 Å². The average molecular weight is 359 g/mol. The fourth-order valence-corrected chi connectivity index (χ4v) is 3.00. The first kappa shape index (κ1) is 20.2. The minimum Gasteiger partial charge on any atom is -0.501 e. The molecule has 5 heteroatoms. The summed E-state index contributed by atoms with van der Waals surface area (Å²) in [6, 6.07) is 9.58. The zero-order valence-electron chi connectivity index (χ0n) is 15.8. The van der Waals surface area contributed by atoms with E-state index in [1.807, 2.05) is 43.3 Å². The second-order valence-electron chi connectivity index (χ2n) is 6.35. The highest BCUT2D eigenvalue weighted by molar-refractivity contribution is 5.33. The maximum Gasteiger partial charge on any atom is 0.121 e. The smallest absolute Gasteiger partial charge is 0.121 e. The number of benzene rings is 1. The Labute approximate surface area is 156 Å². The Hall–Kier alpha value is -2.08. The second-order valence-corrected chi connectivity index (χ2v) is 6.35. The molecule has 1 aromatic rings. The summed E-state index contributed by atoms with van der Waals surface area (Å²) in [7, 11) is 3.20. The molecular weight excluding hydrogens is 330 g/mol. The maximum absolute atomic E-state index is 11.6. The van der Waals surface area contributed by atoms with Gasteiger partial charge in [0.1, 0.15) is 17.5 Å². The number of nitrogens with one attached hydrogen (secondary N) is 1. The minimum atomic E-state index is -1.20. The van der Waals surface area contributed by atoms with E-state index in [0.717, 1.165) is 17.9 Å². The molecule has 0 bridgehead atoms. The Kier molecular flexibility index (Phi) is 7.45. The molecule has 142 valence electrons. The van der Waals surface area contributed by atoms with Crippen LogP contribution < -0.4 is 5.32 Å². The Morgan fingerprint density at radius 2 is 2.04 bits per heavy atom. The van der Waals surface area contributed by atoms with Gasteiger partial charge in [0.15, 0.2) is 0 Å². The fraction of sp³-hybridized carbons (Fsp3) is 0.429. The van der Waals surface area contributed by atoms with Crippen LogP contribution in [0.4, 0.5) is 0 Å². The van der Waals surface area contributed by atoms with Gasteiger partial charge in [-0.1, -0.05) is 36.9 Å². The highest BCUT2D eigenvalue weighted by Gasteiger charge is 2.41. The Balaban J connectivity index is 2.30. The van der Waals surface area contributed by atoms with Gasteiger partial charge in [-0.25, -0.2) is 0 Å². The SMILES string of the molecule is C=C(CC(O)(c1ccccc1)[C@@H]1CNCCO1)/C(=C\C=C(/C)OC)OC. The minimum absolute atomic E-state index is 0.295. The molecular formula is C21H29NO4. The third kappa shape index (κ3) is 4.97. The van der Waals surface area contributed by atoms with Gasteiger partial charge in [-0.05, 0) is 30.2 Å². The first-order valence-electron chi connectivity index (χ1n) is 8.76. The number of hydrogen-bond donors (Lipinski definition) is 2. The molecule has 1 heterocycles. The summed E-state index contributed by atoms with van der Waals surface area (Å²) >= 11 is 0. The second kappa shape index (κ2) is 9.57. The summed E-state index contributed by atoms with van der Waals surface area (Å²) in [5.41, 5.74) is 0.283. The third-order valence-corrected chi connectivity index (χ3v) is 4.58. The molecule has 5 nitrogen and oxygen atoms in total. The lowest BCUT2D eigenvalue weighted by molar-refractivity contribution is -0.124. The van der Waals surface area contributed by atoms with Gasteiger partial charge in [0.2, 0.25) is 0 Å². The van der Waals surface area contributed by atoms with Crippen LogP contribution in [0.15, 0.2) is 66.2 Å². The van der Waals surface area contributed by atoms with Crippen molar-refractivity contribution in [2.75, 3.05) is 33.9 Å². The van der Waals surface area contributed by atoms with Crippen molar-refractivity contribution < 1.29 is 19.3 Å². The predicted molar refractivity (Wildman–Crippen MR) is 103 cm³/mol. The van der Waals surface area contributed by atoms with Crippen molar-refractivity contribution in [1.82, 2.24) is 5.32 Å². The van der Waals surface area contributed by atoms with Gasteiger partial charge in [0, 0.05) is 19.5 Å². The van der Waals surface area contributed by atoms with Crippen molar-refractivity contribution in [3.8, 4) is 0 Å². The zero-order valence-corrected chi connectivity index (χ0v) is 15.8. The fourth-order valence-electron chi connectivity index (χ4n) is 3.00.